The number of anilines is 1. The zero-order valence-corrected chi connectivity index (χ0v) is 13.2. The van der Waals surface area contributed by atoms with Crippen LogP contribution < -0.4 is 5.73 Å². The van der Waals surface area contributed by atoms with Crippen molar-refractivity contribution in [2.24, 2.45) is 0 Å². The van der Waals surface area contributed by atoms with Gasteiger partial charge in [-0.05, 0) is 50.8 Å². The molecule has 0 aliphatic carbocycles. The SMILES string of the molecule is CCCN(CCN(C)C)Cc1cc(N)cc(Br)c1. The number of nitrogens with zero attached hydrogens (tertiary/aromatic N) is 2. The topological polar surface area (TPSA) is 32.5 Å². The molecule has 1 aromatic carbocycles. The Morgan fingerprint density at radius 1 is 1.11 bits per heavy atom. The summed E-state index contributed by atoms with van der Waals surface area (Å²) >= 11 is 3.50. The van der Waals surface area contributed by atoms with Crippen molar-refractivity contribution in [2.45, 2.75) is 19.9 Å². The van der Waals surface area contributed by atoms with Gasteiger partial charge in [-0.15, -0.1) is 0 Å². The van der Waals surface area contributed by atoms with Crippen LogP contribution in [0.4, 0.5) is 5.69 Å². The zero-order valence-electron chi connectivity index (χ0n) is 11.6. The summed E-state index contributed by atoms with van der Waals surface area (Å²) in [7, 11) is 4.22. The highest BCUT2D eigenvalue weighted by Gasteiger charge is 2.06. The van der Waals surface area contributed by atoms with E-state index in [1.54, 1.807) is 0 Å². The summed E-state index contributed by atoms with van der Waals surface area (Å²) in [4.78, 5) is 4.69. The van der Waals surface area contributed by atoms with E-state index in [1.807, 2.05) is 6.07 Å². The molecule has 0 bridgehead atoms. The van der Waals surface area contributed by atoms with E-state index in [9.17, 15) is 0 Å². The van der Waals surface area contributed by atoms with Gasteiger partial charge in [0.15, 0.2) is 0 Å². The van der Waals surface area contributed by atoms with Gasteiger partial charge in [-0.3, -0.25) is 4.90 Å². The number of hydrogen-bond acceptors (Lipinski definition) is 3. The van der Waals surface area contributed by atoms with Gasteiger partial charge in [0, 0.05) is 29.8 Å². The molecule has 1 rings (SSSR count). The summed E-state index contributed by atoms with van der Waals surface area (Å²) in [6, 6.07) is 6.14. The van der Waals surface area contributed by atoms with Crippen molar-refractivity contribution in [1.82, 2.24) is 9.80 Å². The van der Waals surface area contributed by atoms with Gasteiger partial charge in [0.05, 0.1) is 0 Å². The second-order valence-corrected chi connectivity index (χ2v) is 5.89. The first-order valence-corrected chi connectivity index (χ1v) is 7.22. The minimum Gasteiger partial charge on any atom is -0.399 e. The Morgan fingerprint density at radius 2 is 1.83 bits per heavy atom. The third-order valence-electron chi connectivity index (χ3n) is 2.79. The van der Waals surface area contributed by atoms with E-state index in [2.05, 4.69) is 58.9 Å². The summed E-state index contributed by atoms with van der Waals surface area (Å²) in [5.41, 5.74) is 7.97. The third-order valence-corrected chi connectivity index (χ3v) is 3.25. The molecule has 0 amide bonds. The van der Waals surface area contributed by atoms with E-state index in [-0.39, 0.29) is 0 Å². The van der Waals surface area contributed by atoms with Gasteiger partial charge in [-0.2, -0.15) is 0 Å². The predicted molar refractivity (Wildman–Crippen MR) is 82.7 cm³/mol. The van der Waals surface area contributed by atoms with E-state index >= 15 is 0 Å². The van der Waals surface area contributed by atoms with E-state index in [1.165, 1.54) is 12.0 Å². The highest BCUT2D eigenvalue weighted by molar-refractivity contribution is 9.10. The Balaban J connectivity index is 2.63. The normalized spacial score (nSPS) is 11.4. The third kappa shape index (κ3) is 5.85. The van der Waals surface area contributed by atoms with E-state index in [0.29, 0.717) is 0 Å². The van der Waals surface area contributed by atoms with Gasteiger partial charge < -0.3 is 10.6 Å². The molecule has 0 aromatic heterocycles. The van der Waals surface area contributed by atoms with Crippen molar-refractivity contribution in [2.75, 3.05) is 39.5 Å². The molecule has 0 saturated heterocycles. The molecule has 4 heteroatoms. The molecule has 0 fully saturated rings. The largest absolute Gasteiger partial charge is 0.399 e. The van der Waals surface area contributed by atoms with E-state index in [4.69, 9.17) is 5.73 Å². The quantitative estimate of drug-likeness (QED) is 0.786. The Bertz CT molecular complexity index is 346. The fourth-order valence-corrected chi connectivity index (χ4v) is 2.51. The number of hydrogen-bond donors (Lipinski definition) is 1. The fourth-order valence-electron chi connectivity index (χ4n) is 1.95. The lowest BCUT2D eigenvalue weighted by molar-refractivity contribution is 0.234. The lowest BCUT2D eigenvalue weighted by atomic mass is 10.2. The Kier molecular flexibility index (Phi) is 6.68. The molecule has 1 aromatic rings. The number of nitrogens with two attached hydrogens (primary N) is 1. The first kappa shape index (κ1) is 15.5. The molecule has 0 saturated carbocycles. The lowest BCUT2D eigenvalue weighted by Gasteiger charge is -2.23. The monoisotopic (exact) mass is 313 g/mol. The van der Waals surface area contributed by atoms with Crippen LogP contribution in [-0.4, -0.2) is 43.5 Å². The van der Waals surface area contributed by atoms with Crippen LogP contribution in [0, 0.1) is 0 Å². The van der Waals surface area contributed by atoms with Crippen molar-refractivity contribution in [3.63, 3.8) is 0 Å². The second-order valence-electron chi connectivity index (χ2n) is 4.97. The molecule has 0 heterocycles. The second kappa shape index (κ2) is 7.77. The van der Waals surface area contributed by atoms with Gasteiger partial charge in [-0.1, -0.05) is 22.9 Å². The first-order chi connectivity index (χ1) is 8.51. The minimum atomic E-state index is 0.823. The van der Waals surface area contributed by atoms with Gasteiger partial charge in [0.1, 0.15) is 0 Å². The number of halogens is 1. The van der Waals surface area contributed by atoms with Crippen LogP contribution >= 0.6 is 15.9 Å². The van der Waals surface area contributed by atoms with Crippen LogP contribution in [0.25, 0.3) is 0 Å². The zero-order chi connectivity index (χ0) is 13.5. The van der Waals surface area contributed by atoms with Gasteiger partial charge in [0.25, 0.3) is 0 Å². The van der Waals surface area contributed by atoms with Crippen molar-refractivity contribution in [1.29, 1.82) is 0 Å². The van der Waals surface area contributed by atoms with Crippen LogP contribution in [-0.2, 0) is 6.54 Å². The molecule has 18 heavy (non-hydrogen) atoms. The van der Waals surface area contributed by atoms with Crippen molar-refractivity contribution in [3.05, 3.63) is 28.2 Å². The molecule has 0 atom stereocenters. The van der Waals surface area contributed by atoms with Gasteiger partial charge >= 0.3 is 0 Å². The van der Waals surface area contributed by atoms with Crippen LogP contribution in [0.2, 0.25) is 0 Å². The smallest absolute Gasteiger partial charge is 0.0328 e. The number of benzene rings is 1. The Labute approximate surface area is 119 Å². The summed E-state index contributed by atoms with van der Waals surface area (Å²) < 4.78 is 1.06. The van der Waals surface area contributed by atoms with Crippen LogP contribution in [0.5, 0.6) is 0 Å². The summed E-state index contributed by atoms with van der Waals surface area (Å²) in [5.74, 6) is 0. The van der Waals surface area contributed by atoms with Crippen LogP contribution in [0.15, 0.2) is 22.7 Å². The highest BCUT2D eigenvalue weighted by atomic mass is 79.9. The van der Waals surface area contributed by atoms with Gasteiger partial charge in [-0.25, -0.2) is 0 Å². The van der Waals surface area contributed by atoms with Gasteiger partial charge in [0.2, 0.25) is 0 Å². The Morgan fingerprint density at radius 3 is 2.39 bits per heavy atom. The lowest BCUT2D eigenvalue weighted by Crippen LogP contribution is -2.32. The fraction of sp³-hybridized carbons (Fsp3) is 0.571. The molecule has 0 aliphatic heterocycles. The summed E-state index contributed by atoms with van der Waals surface area (Å²) in [6.07, 6.45) is 1.18. The highest BCUT2D eigenvalue weighted by Crippen LogP contribution is 2.18. The van der Waals surface area contributed by atoms with Crippen LogP contribution in [0.1, 0.15) is 18.9 Å². The molecule has 0 spiro atoms. The first-order valence-electron chi connectivity index (χ1n) is 6.43. The molecular formula is C14H24BrN3. The van der Waals surface area contributed by atoms with Crippen LogP contribution in [0.3, 0.4) is 0 Å². The molecule has 0 aliphatic rings. The molecular weight excluding hydrogens is 290 g/mol. The maximum atomic E-state index is 5.87. The van der Waals surface area contributed by atoms with Crippen molar-refractivity contribution in [3.8, 4) is 0 Å². The van der Waals surface area contributed by atoms with Crippen molar-refractivity contribution < 1.29 is 0 Å². The Hall–Kier alpha value is -0.580. The molecule has 0 unspecified atom stereocenters. The molecule has 3 nitrogen and oxygen atoms in total. The number of nitrogen functional groups attached to an aromatic ring is 1. The minimum absolute atomic E-state index is 0.823. The number of rotatable bonds is 7. The average molecular weight is 314 g/mol. The van der Waals surface area contributed by atoms with E-state index < -0.39 is 0 Å². The van der Waals surface area contributed by atoms with Crippen molar-refractivity contribution >= 4 is 21.6 Å². The number of likely N-dealkylation sites (N-methyl/N-ethyl adjacent to an activating group) is 1. The maximum absolute atomic E-state index is 5.87. The predicted octanol–water partition coefficient (Wildman–Crippen LogP) is 2.80. The maximum Gasteiger partial charge on any atom is 0.0328 e. The molecule has 2 N–H and O–H groups in total. The summed E-state index contributed by atoms with van der Waals surface area (Å²) in [5, 5.41) is 0. The average Bonchev–Trinajstić information content (AvgIpc) is 2.24. The summed E-state index contributed by atoms with van der Waals surface area (Å²) in [6.45, 7) is 6.49. The molecule has 0 radical (unpaired) electrons. The molecule has 102 valence electrons. The van der Waals surface area contributed by atoms with E-state index in [0.717, 1.165) is 36.3 Å². The standard InChI is InChI=1S/C14H24BrN3/c1-4-5-18(7-6-17(2)3)11-12-8-13(15)10-14(16)9-12/h8-10H,4-7,11,16H2,1-3H3.